The van der Waals surface area contributed by atoms with Gasteiger partial charge in [0, 0.05) is 35.6 Å². The van der Waals surface area contributed by atoms with Crippen LogP contribution in [0.5, 0.6) is 0 Å². The molecule has 6 nitrogen and oxygen atoms in total. The largest absolute Gasteiger partial charge is 0.336 e. The van der Waals surface area contributed by atoms with E-state index in [0.717, 1.165) is 30.1 Å². The number of rotatable bonds is 3. The molecule has 0 aliphatic carbocycles. The number of hydrogen-bond acceptors (Lipinski definition) is 5. The molecule has 25 heavy (non-hydrogen) atoms. The Kier molecular flexibility index (Phi) is 4.50. The molecule has 1 saturated heterocycles. The number of likely N-dealkylation sites (tertiary alicyclic amines) is 1. The van der Waals surface area contributed by atoms with Crippen molar-refractivity contribution in [1.82, 2.24) is 24.9 Å². The summed E-state index contributed by atoms with van der Waals surface area (Å²) in [6.45, 7) is 1.42. The highest BCUT2D eigenvalue weighted by Crippen LogP contribution is 2.28. The van der Waals surface area contributed by atoms with E-state index >= 15 is 0 Å². The number of amides is 1. The van der Waals surface area contributed by atoms with Crippen molar-refractivity contribution in [3.63, 3.8) is 0 Å². The topological polar surface area (TPSA) is 63.9 Å². The van der Waals surface area contributed by atoms with Crippen molar-refractivity contribution in [2.24, 2.45) is 0 Å². The summed E-state index contributed by atoms with van der Waals surface area (Å²) in [6, 6.07) is 7.28. The standard InChI is InChI=1S/C17H16ClN5OS/c18-13-4-1-5-14(9-13)23-11-15(20-21-23)17(24)22-7-2-3-12(10-22)16-19-6-8-25-16/h1,4-6,8-9,11-12H,2-3,7,10H2/t12-/m1/s1. The molecule has 4 rings (SSSR count). The smallest absolute Gasteiger partial charge is 0.276 e. The Morgan fingerprint density at radius 1 is 1.36 bits per heavy atom. The number of nitrogens with zero attached hydrogens (tertiary/aromatic N) is 5. The minimum atomic E-state index is -0.0884. The molecule has 1 aromatic carbocycles. The Morgan fingerprint density at radius 3 is 3.08 bits per heavy atom. The second kappa shape index (κ2) is 6.93. The summed E-state index contributed by atoms with van der Waals surface area (Å²) in [5, 5.41) is 11.8. The highest BCUT2D eigenvalue weighted by atomic mass is 35.5. The maximum Gasteiger partial charge on any atom is 0.276 e. The van der Waals surface area contributed by atoms with Gasteiger partial charge in [0.15, 0.2) is 5.69 Å². The van der Waals surface area contributed by atoms with E-state index < -0.39 is 0 Å². The summed E-state index contributed by atoms with van der Waals surface area (Å²) in [5.74, 6) is 0.218. The summed E-state index contributed by atoms with van der Waals surface area (Å²) in [7, 11) is 0. The van der Waals surface area contributed by atoms with Gasteiger partial charge in [-0.05, 0) is 31.0 Å². The molecule has 2 aromatic heterocycles. The zero-order valence-electron chi connectivity index (χ0n) is 13.4. The number of benzene rings is 1. The fourth-order valence-corrected chi connectivity index (χ4v) is 4.02. The Morgan fingerprint density at radius 2 is 2.28 bits per heavy atom. The van der Waals surface area contributed by atoms with Gasteiger partial charge in [-0.1, -0.05) is 22.9 Å². The average molecular weight is 374 g/mol. The molecular formula is C17H16ClN5OS. The second-order valence-corrected chi connectivity index (χ2v) is 7.35. The quantitative estimate of drug-likeness (QED) is 0.705. The first-order valence-corrected chi connectivity index (χ1v) is 9.33. The van der Waals surface area contributed by atoms with Crippen LogP contribution in [0.25, 0.3) is 5.69 Å². The van der Waals surface area contributed by atoms with Crippen LogP contribution in [0.2, 0.25) is 5.02 Å². The molecule has 3 heterocycles. The number of aromatic nitrogens is 4. The predicted octanol–water partition coefficient (Wildman–Crippen LogP) is 3.40. The van der Waals surface area contributed by atoms with Crippen molar-refractivity contribution < 1.29 is 4.79 Å². The molecule has 0 unspecified atom stereocenters. The molecule has 1 atom stereocenters. The molecular weight excluding hydrogens is 358 g/mol. The van der Waals surface area contributed by atoms with E-state index in [2.05, 4.69) is 15.3 Å². The molecule has 8 heteroatoms. The molecule has 1 aliphatic rings. The first-order chi connectivity index (χ1) is 12.2. The van der Waals surface area contributed by atoms with Gasteiger partial charge in [-0.3, -0.25) is 4.79 Å². The van der Waals surface area contributed by atoms with Crippen LogP contribution in [0.3, 0.4) is 0 Å². The fraction of sp³-hybridized carbons (Fsp3) is 0.294. The fourth-order valence-electron chi connectivity index (χ4n) is 3.07. The zero-order chi connectivity index (χ0) is 17.2. The van der Waals surface area contributed by atoms with Crippen LogP contribution in [-0.4, -0.2) is 43.9 Å². The third-order valence-electron chi connectivity index (χ3n) is 4.29. The van der Waals surface area contributed by atoms with E-state index in [-0.39, 0.29) is 5.91 Å². The van der Waals surface area contributed by atoms with Gasteiger partial charge in [-0.25, -0.2) is 9.67 Å². The number of halogens is 1. The third kappa shape index (κ3) is 3.43. The lowest BCUT2D eigenvalue weighted by Crippen LogP contribution is -2.39. The molecule has 1 amide bonds. The minimum absolute atomic E-state index is 0.0884. The Labute approximate surface area is 154 Å². The highest BCUT2D eigenvalue weighted by molar-refractivity contribution is 7.09. The Hall–Kier alpha value is -2.25. The molecule has 128 valence electrons. The lowest BCUT2D eigenvalue weighted by molar-refractivity contribution is 0.0701. The van der Waals surface area contributed by atoms with Crippen LogP contribution < -0.4 is 0 Å². The Bertz CT molecular complexity index is 879. The van der Waals surface area contributed by atoms with Crippen LogP contribution in [0, 0.1) is 0 Å². The number of carbonyl (C=O) groups is 1. The molecule has 0 saturated carbocycles. The second-order valence-electron chi connectivity index (χ2n) is 5.99. The van der Waals surface area contributed by atoms with E-state index in [1.807, 2.05) is 28.6 Å². The van der Waals surface area contributed by atoms with Crippen molar-refractivity contribution in [1.29, 1.82) is 0 Å². The van der Waals surface area contributed by atoms with E-state index in [4.69, 9.17) is 11.6 Å². The number of piperidine rings is 1. The van der Waals surface area contributed by atoms with Crippen LogP contribution in [0.1, 0.15) is 34.3 Å². The number of hydrogen-bond donors (Lipinski definition) is 0. The van der Waals surface area contributed by atoms with E-state index in [0.29, 0.717) is 23.2 Å². The van der Waals surface area contributed by atoms with Crippen LogP contribution in [0.4, 0.5) is 0 Å². The molecule has 0 bridgehead atoms. The summed E-state index contributed by atoms with van der Waals surface area (Å²) >= 11 is 7.66. The van der Waals surface area contributed by atoms with Gasteiger partial charge in [0.25, 0.3) is 5.91 Å². The van der Waals surface area contributed by atoms with Gasteiger partial charge in [0.05, 0.1) is 16.9 Å². The van der Waals surface area contributed by atoms with Gasteiger partial charge in [-0.2, -0.15) is 0 Å². The molecule has 3 aromatic rings. The molecule has 0 spiro atoms. The zero-order valence-corrected chi connectivity index (χ0v) is 15.0. The van der Waals surface area contributed by atoms with Crippen LogP contribution in [0.15, 0.2) is 42.0 Å². The van der Waals surface area contributed by atoms with Crippen molar-refractivity contribution in [2.75, 3.05) is 13.1 Å². The first kappa shape index (κ1) is 16.2. The molecule has 1 aliphatic heterocycles. The van der Waals surface area contributed by atoms with E-state index in [1.54, 1.807) is 34.3 Å². The summed E-state index contributed by atoms with van der Waals surface area (Å²) in [5.41, 5.74) is 1.12. The lowest BCUT2D eigenvalue weighted by Gasteiger charge is -2.31. The average Bonchev–Trinajstić information content (AvgIpc) is 3.33. The van der Waals surface area contributed by atoms with Crippen molar-refractivity contribution in [3.8, 4) is 5.69 Å². The maximum absolute atomic E-state index is 12.8. The van der Waals surface area contributed by atoms with Gasteiger partial charge in [0.2, 0.25) is 0 Å². The maximum atomic E-state index is 12.8. The van der Waals surface area contributed by atoms with E-state index in [1.165, 1.54) is 0 Å². The minimum Gasteiger partial charge on any atom is -0.336 e. The SMILES string of the molecule is O=C(c1cn(-c2cccc(Cl)c2)nn1)N1CCC[C@@H](c2nccs2)C1. The first-order valence-electron chi connectivity index (χ1n) is 8.07. The summed E-state index contributed by atoms with van der Waals surface area (Å²) in [6.07, 6.45) is 5.50. The molecule has 0 radical (unpaired) electrons. The predicted molar refractivity (Wildman–Crippen MR) is 96.4 cm³/mol. The van der Waals surface area contributed by atoms with Gasteiger partial charge >= 0.3 is 0 Å². The van der Waals surface area contributed by atoms with E-state index in [9.17, 15) is 4.79 Å². The monoisotopic (exact) mass is 373 g/mol. The number of carbonyl (C=O) groups excluding carboxylic acids is 1. The summed E-state index contributed by atoms with van der Waals surface area (Å²) in [4.78, 5) is 19.0. The van der Waals surface area contributed by atoms with Crippen LogP contribution in [-0.2, 0) is 0 Å². The number of thiazole rings is 1. The Balaban J connectivity index is 1.51. The highest BCUT2D eigenvalue weighted by Gasteiger charge is 2.28. The van der Waals surface area contributed by atoms with Gasteiger partial charge in [0.1, 0.15) is 0 Å². The summed E-state index contributed by atoms with van der Waals surface area (Å²) < 4.78 is 1.57. The van der Waals surface area contributed by atoms with Crippen molar-refractivity contribution >= 4 is 28.8 Å². The van der Waals surface area contributed by atoms with Crippen LogP contribution >= 0.6 is 22.9 Å². The van der Waals surface area contributed by atoms with Crippen molar-refractivity contribution in [3.05, 3.63) is 57.8 Å². The molecule has 0 N–H and O–H groups in total. The van der Waals surface area contributed by atoms with Gasteiger partial charge in [-0.15, -0.1) is 16.4 Å². The van der Waals surface area contributed by atoms with Crippen molar-refractivity contribution in [2.45, 2.75) is 18.8 Å². The lowest BCUT2D eigenvalue weighted by atomic mass is 9.98. The molecule has 1 fully saturated rings. The van der Waals surface area contributed by atoms with Gasteiger partial charge < -0.3 is 4.90 Å². The third-order valence-corrected chi connectivity index (χ3v) is 5.47. The normalized spacial score (nSPS) is 17.6.